The lowest BCUT2D eigenvalue weighted by Gasteiger charge is -2.01. The molecule has 2 atom stereocenters. The van der Waals surface area contributed by atoms with Gasteiger partial charge in [0, 0.05) is 23.2 Å². The zero-order valence-corrected chi connectivity index (χ0v) is 7.84. The summed E-state index contributed by atoms with van der Waals surface area (Å²) >= 11 is 1.80. The number of nitrogen functional groups attached to an aromatic ring is 1. The van der Waals surface area contributed by atoms with Crippen LogP contribution in [-0.2, 0) is 0 Å². The minimum Gasteiger partial charge on any atom is -0.399 e. The van der Waals surface area contributed by atoms with Crippen LogP contribution in [-0.4, -0.2) is 16.9 Å². The molecule has 2 N–H and O–H groups in total. The van der Waals surface area contributed by atoms with Crippen molar-refractivity contribution in [3.05, 3.63) is 24.3 Å². The van der Waals surface area contributed by atoms with Crippen molar-refractivity contribution in [3.63, 3.8) is 0 Å². The second kappa shape index (κ2) is 2.99. The van der Waals surface area contributed by atoms with Gasteiger partial charge in [-0.3, -0.25) is 0 Å². The molecule has 1 aliphatic rings. The molecule has 1 fully saturated rings. The molecule has 2 nitrogen and oxygen atoms in total. The molecule has 1 unspecified atom stereocenters. The first-order chi connectivity index (χ1) is 5.75. The van der Waals surface area contributed by atoms with Crippen molar-refractivity contribution in [3.8, 4) is 0 Å². The third-order valence-electron chi connectivity index (χ3n) is 1.90. The molecule has 0 saturated carbocycles. The lowest BCUT2D eigenvalue weighted by Crippen LogP contribution is -1.87. The molecule has 0 aliphatic carbocycles. The van der Waals surface area contributed by atoms with Crippen LogP contribution >= 0.6 is 11.9 Å². The van der Waals surface area contributed by atoms with Gasteiger partial charge >= 0.3 is 0 Å². The van der Waals surface area contributed by atoms with Gasteiger partial charge in [0.25, 0.3) is 0 Å². The molecule has 2 rings (SSSR count). The van der Waals surface area contributed by atoms with Crippen molar-refractivity contribution < 1.29 is 0 Å². The minimum atomic E-state index is 0.743. The number of hydrogen-bond donors (Lipinski definition) is 1. The number of rotatable bonds is 2. The predicted octanol–water partition coefficient (Wildman–Crippen LogP) is 1.98. The highest BCUT2D eigenvalue weighted by molar-refractivity contribution is 7.97. The Labute approximate surface area is 76.9 Å². The summed E-state index contributed by atoms with van der Waals surface area (Å²) in [6.45, 7) is 3.43. The Kier molecular flexibility index (Phi) is 1.98. The number of benzene rings is 1. The van der Waals surface area contributed by atoms with E-state index >= 15 is 0 Å². The Morgan fingerprint density at radius 2 is 2.00 bits per heavy atom. The SMILES string of the molecule is C[C@@H]1CN1Sc1ccc(N)cc1. The number of hydrogen-bond acceptors (Lipinski definition) is 3. The van der Waals surface area contributed by atoms with E-state index in [1.54, 1.807) is 11.9 Å². The van der Waals surface area contributed by atoms with Crippen LogP contribution in [0, 0.1) is 0 Å². The molecule has 0 amide bonds. The van der Waals surface area contributed by atoms with Gasteiger partial charge in [0.1, 0.15) is 0 Å². The van der Waals surface area contributed by atoms with E-state index in [0.29, 0.717) is 0 Å². The Bertz CT molecular complexity index is 270. The fraction of sp³-hybridized carbons (Fsp3) is 0.333. The summed E-state index contributed by atoms with van der Waals surface area (Å²) in [5, 5.41) is 0. The van der Waals surface area contributed by atoms with Gasteiger partial charge in [0.2, 0.25) is 0 Å². The monoisotopic (exact) mass is 180 g/mol. The molecule has 0 spiro atoms. The van der Waals surface area contributed by atoms with Crippen molar-refractivity contribution in [2.24, 2.45) is 0 Å². The first kappa shape index (κ1) is 7.95. The largest absolute Gasteiger partial charge is 0.399 e. The number of anilines is 1. The second-order valence-corrected chi connectivity index (χ2v) is 4.23. The number of nitrogens with two attached hydrogens (primary N) is 1. The average Bonchev–Trinajstić information content (AvgIpc) is 2.72. The van der Waals surface area contributed by atoms with Crippen LogP contribution in [0.1, 0.15) is 6.92 Å². The molecule has 12 heavy (non-hydrogen) atoms. The fourth-order valence-corrected chi connectivity index (χ4v) is 2.00. The maximum Gasteiger partial charge on any atom is 0.0315 e. The quantitative estimate of drug-likeness (QED) is 0.428. The van der Waals surface area contributed by atoms with Crippen LogP contribution in [0.5, 0.6) is 0 Å². The molecule has 0 bridgehead atoms. The van der Waals surface area contributed by atoms with E-state index in [4.69, 9.17) is 5.73 Å². The Morgan fingerprint density at radius 1 is 1.42 bits per heavy atom. The van der Waals surface area contributed by atoms with Gasteiger partial charge in [-0.15, -0.1) is 0 Å². The third kappa shape index (κ3) is 1.73. The first-order valence-corrected chi connectivity index (χ1v) is 4.83. The van der Waals surface area contributed by atoms with Crippen LogP contribution in [0.4, 0.5) is 5.69 Å². The lowest BCUT2D eigenvalue weighted by atomic mass is 10.3. The van der Waals surface area contributed by atoms with Crippen LogP contribution < -0.4 is 5.73 Å². The van der Waals surface area contributed by atoms with Crippen LogP contribution in [0.3, 0.4) is 0 Å². The summed E-state index contributed by atoms with van der Waals surface area (Å²) in [6, 6.07) is 8.75. The van der Waals surface area contributed by atoms with Gasteiger partial charge in [-0.2, -0.15) is 0 Å². The van der Waals surface area contributed by atoms with E-state index in [2.05, 4.69) is 23.4 Å². The molecule has 1 aromatic carbocycles. The summed E-state index contributed by atoms with van der Waals surface area (Å²) < 4.78 is 2.34. The highest BCUT2D eigenvalue weighted by atomic mass is 32.2. The van der Waals surface area contributed by atoms with Gasteiger partial charge in [0.05, 0.1) is 0 Å². The first-order valence-electron chi connectivity index (χ1n) is 4.06. The maximum atomic E-state index is 5.58. The molecule has 1 aromatic rings. The highest BCUT2D eigenvalue weighted by Crippen LogP contribution is 2.33. The standard InChI is InChI=1S/C9H12N2S/c1-7-6-11(7)12-9-4-2-8(10)3-5-9/h2-5,7H,6,10H2,1H3/t7-,11?/m1/s1. The smallest absolute Gasteiger partial charge is 0.0315 e. The van der Waals surface area contributed by atoms with Gasteiger partial charge in [-0.05, 0) is 43.1 Å². The van der Waals surface area contributed by atoms with Gasteiger partial charge in [0.15, 0.2) is 0 Å². The molecule has 1 saturated heterocycles. The molecule has 0 radical (unpaired) electrons. The maximum absolute atomic E-state index is 5.58. The van der Waals surface area contributed by atoms with E-state index in [1.165, 1.54) is 11.4 Å². The topological polar surface area (TPSA) is 29.0 Å². The van der Waals surface area contributed by atoms with Crippen LogP contribution in [0.2, 0.25) is 0 Å². The number of nitrogens with zero attached hydrogens (tertiary/aromatic N) is 1. The van der Waals surface area contributed by atoms with Crippen molar-refractivity contribution in [2.75, 3.05) is 12.3 Å². The molecular formula is C9H12N2S. The van der Waals surface area contributed by atoms with E-state index in [0.717, 1.165) is 11.7 Å². The van der Waals surface area contributed by atoms with Crippen LogP contribution in [0.25, 0.3) is 0 Å². The molecule has 0 aromatic heterocycles. The zero-order chi connectivity index (χ0) is 8.55. The Hall–Kier alpha value is -0.670. The Morgan fingerprint density at radius 3 is 2.50 bits per heavy atom. The summed E-state index contributed by atoms with van der Waals surface area (Å²) in [6.07, 6.45) is 0. The molecule has 64 valence electrons. The Balaban J connectivity index is 2.00. The second-order valence-electron chi connectivity index (χ2n) is 3.11. The average molecular weight is 180 g/mol. The zero-order valence-electron chi connectivity index (χ0n) is 7.03. The van der Waals surface area contributed by atoms with Crippen molar-refractivity contribution in [2.45, 2.75) is 17.9 Å². The van der Waals surface area contributed by atoms with Gasteiger partial charge in [-0.1, -0.05) is 0 Å². The third-order valence-corrected chi connectivity index (χ3v) is 3.13. The van der Waals surface area contributed by atoms with E-state index in [1.807, 2.05) is 12.1 Å². The normalized spacial score (nSPS) is 27.1. The van der Waals surface area contributed by atoms with E-state index in [9.17, 15) is 0 Å². The summed E-state index contributed by atoms with van der Waals surface area (Å²) in [5.74, 6) is 0. The summed E-state index contributed by atoms with van der Waals surface area (Å²) in [4.78, 5) is 1.27. The van der Waals surface area contributed by atoms with Crippen LogP contribution in [0.15, 0.2) is 29.2 Å². The van der Waals surface area contributed by atoms with Gasteiger partial charge < -0.3 is 5.73 Å². The fourth-order valence-electron chi connectivity index (χ4n) is 1.00. The highest BCUT2D eigenvalue weighted by Gasteiger charge is 2.29. The summed E-state index contributed by atoms with van der Waals surface area (Å²) in [5.41, 5.74) is 6.41. The molecular weight excluding hydrogens is 168 g/mol. The van der Waals surface area contributed by atoms with Crippen molar-refractivity contribution in [1.82, 2.24) is 4.31 Å². The van der Waals surface area contributed by atoms with Crippen molar-refractivity contribution >= 4 is 17.6 Å². The van der Waals surface area contributed by atoms with Crippen molar-refractivity contribution in [1.29, 1.82) is 0 Å². The summed E-state index contributed by atoms with van der Waals surface area (Å²) in [7, 11) is 0. The molecule has 3 heteroatoms. The van der Waals surface area contributed by atoms with E-state index in [-0.39, 0.29) is 0 Å². The molecule has 1 heterocycles. The predicted molar refractivity (Wildman–Crippen MR) is 52.9 cm³/mol. The van der Waals surface area contributed by atoms with Gasteiger partial charge in [-0.25, -0.2) is 4.31 Å². The minimum absolute atomic E-state index is 0.743. The molecule has 1 aliphatic heterocycles. The van der Waals surface area contributed by atoms with E-state index < -0.39 is 0 Å². The lowest BCUT2D eigenvalue weighted by molar-refractivity contribution is 0.847.